The minimum absolute atomic E-state index is 0.224. The second kappa shape index (κ2) is 10.1. The molecule has 2 N–H and O–H groups in total. The highest BCUT2D eigenvalue weighted by molar-refractivity contribution is 9.10. The van der Waals surface area contributed by atoms with E-state index >= 15 is 0 Å². The third-order valence-electron chi connectivity index (χ3n) is 4.29. The van der Waals surface area contributed by atoms with Crippen LogP contribution in [0.25, 0.3) is 11.3 Å². The van der Waals surface area contributed by atoms with Gasteiger partial charge >= 0.3 is 0 Å². The molecular formula is C21H24BrN5O2S. The van der Waals surface area contributed by atoms with Gasteiger partial charge in [0.15, 0.2) is 0 Å². The minimum Gasteiger partial charge on any atom is -0.324 e. The highest BCUT2D eigenvalue weighted by Crippen LogP contribution is 2.22. The summed E-state index contributed by atoms with van der Waals surface area (Å²) in [6.45, 7) is 1.22. The van der Waals surface area contributed by atoms with Crippen molar-refractivity contribution in [2.24, 2.45) is 0 Å². The van der Waals surface area contributed by atoms with E-state index in [4.69, 9.17) is 0 Å². The Morgan fingerprint density at radius 2 is 1.70 bits per heavy atom. The summed E-state index contributed by atoms with van der Waals surface area (Å²) >= 11 is 3.43. The van der Waals surface area contributed by atoms with Crippen molar-refractivity contribution in [3.63, 3.8) is 0 Å². The number of sulfonamides is 1. The van der Waals surface area contributed by atoms with E-state index in [9.17, 15) is 8.42 Å². The van der Waals surface area contributed by atoms with Crippen LogP contribution in [0.3, 0.4) is 0 Å². The molecule has 30 heavy (non-hydrogen) atoms. The maximum Gasteiger partial charge on any atom is 0.240 e. The Balaban J connectivity index is 1.66. The smallest absolute Gasteiger partial charge is 0.240 e. The lowest BCUT2D eigenvalue weighted by Crippen LogP contribution is -2.27. The van der Waals surface area contributed by atoms with E-state index < -0.39 is 10.0 Å². The lowest BCUT2D eigenvalue weighted by atomic mass is 10.1. The van der Waals surface area contributed by atoms with Crippen molar-refractivity contribution >= 4 is 37.6 Å². The lowest BCUT2D eigenvalue weighted by Gasteiger charge is -2.11. The number of anilines is 2. The first-order valence-corrected chi connectivity index (χ1v) is 11.7. The van der Waals surface area contributed by atoms with Crippen molar-refractivity contribution in [1.29, 1.82) is 0 Å². The number of rotatable bonds is 9. The van der Waals surface area contributed by atoms with E-state index in [2.05, 4.69) is 35.9 Å². The van der Waals surface area contributed by atoms with Crippen LogP contribution in [-0.2, 0) is 10.0 Å². The molecule has 0 spiro atoms. The van der Waals surface area contributed by atoms with Gasteiger partial charge in [-0.25, -0.2) is 23.1 Å². The molecule has 1 aromatic heterocycles. The first-order chi connectivity index (χ1) is 14.3. The van der Waals surface area contributed by atoms with Crippen molar-refractivity contribution in [3.8, 4) is 11.3 Å². The topological polar surface area (TPSA) is 87.2 Å². The molecule has 7 nitrogen and oxygen atoms in total. The van der Waals surface area contributed by atoms with E-state index in [-0.39, 0.29) is 4.90 Å². The number of benzene rings is 2. The van der Waals surface area contributed by atoms with Gasteiger partial charge in [-0.05, 0) is 69.5 Å². The summed E-state index contributed by atoms with van der Waals surface area (Å²) in [5, 5.41) is 3.12. The standard InChI is InChI=1S/C21H24BrN5O2S/c1-27(2)15-3-13-24-30(28,29)19-10-8-18(9-11-19)25-21-23-14-12-20(26-21)16-4-6-17(22)7-5-16/h4-12,14,24H,3,13,15H2,1-2H3,(H,23,25,26). The lowest BCUT2D eigenvalue weighted by molar-refractivity contribution is 0.400. The quantitative estimate of drug-likeness (QED) is 0.443. The molecule has 0 unspecified atom stereocenters. The Hall–Kier alpha value is -2.33. The first-order valence-electron chi connectivity index (χ1n) is 9.44. The van der Waals surface area contributed by atoms with Gasteiger partial charge in [-0.3, -0.25) is 0 Å². The second-order valence-electron chi connectivity index (χ2n) is 6.98. The molecule has 3 rings (SSSR count). The normalized spacial score (nSPS) is 11.6. The van der Waals surface area contributed by atoms with E-state index in [0.29, 0.717) is 18.2 Å². The Morgan fingerprint density at radius 3 is 2.37 bits per heavy atom. The molecule has 0 amide bonds. The molecule has 0 saturated heterocycles. The summed E-state index contributed by atoms with van der Waals surface area (Å²) in [5.41, 5.74) is 2.47. The summed E-state index contributed by atoms with van der Waals surface area (Å²) in [4.78, 5) is 11.0. The van der Waals surface area contributed by atoms with Crippen LogP contribution in [-0.4, -0.2) is 50.5 Å². The van der Waals surface area contributed by atoms with Gasteiger partial charge in [-0.2, -0.15) is 0 Å². The van der Waals surface area contributed by atoms with Gasteiger partial charge in [0.05, 0.1) is 10.6 Å². The zero-order valence-electron chi connectivity index (χ0n) is 16.8. The van der Waals surface area contributed by atoms with Gasteiger partial charge in [0.1, 0.15) is 0 Å². The maximum absolute atomic E-state index is 12.4. The predicted molar refractivity (Wildman–Crippen MR) is 123 cm³/mol. The van der Waals surface area contributed by atoms with Crippen LogP contribution in [0.4, 0.5) is 11.6 Å². The van der Waals surface area contributed by atoms with Crippen molar-refractivity contribution in [2.45, 2.75) is 11.3 Å². The minimum atomic E-state index is -3.53. The van der Waals surface area contributed by atoms with Crippen LogP contribution in [0.2, 0.25) is 0 Å². The molecule has 9 heteroatoms. The van der Waals surface area contributed by atoms with Gasteiger partial charge in [-0.1, -0.05) is 28.1 Å². The molecule has 0 atom stereocenters. The molecule has 0 bridgehead atoms. The fraction of sp³-hybridized carbons (Fsp3) is 0.238. The van der Waals surface area contributed by atoms with Gasteiger partial charge in [0.2, 0.25) is 16.0 Å². The summed E-state index contributed by atoms with van der Waals surface area (Å²) < 4.78 is 28.4. The Kier molecular flexibility index (Phi) is 7.54. The molecule has 0 aliphatic heterocycles. The fourth-order valence-corrected chi connectivity index (χ4v) is 4.07. The van der Waals surface area contributed by atoms with Gasteiger partial charge in [0.25, 0.3) is 0 Å². The average molecular weight is 490 g/mol. The molecule has 0 aliphatic carbocycles. The van der Waals surface area contributed by atoms with Gasteiger partial charge < -0.3 is 10.2 Å². The fourth-order valence-electron chi connectivity index (χ4n) is 2.73. The molecule has 2 aromatic carbocycles. The van der Waals surface area contributed by atoms with Crippen molar-refractivity contribution in [1.82, 2.24) is 19.6 Å². The van der Waals surface area contributed by atoms with E-state index in [1.807, 2.05) is 49.3 Å². The Bertz CT molecular complexity index is 1070. The van der Waals surface area contributed by atoms with Crippen LogP contribution in [0.5, 0.6) is 0 Å². The zero-order valence-corrected chi connectivity index (χ0v) is 19.2. The number of nitrogens with zero attached hydrogens (tertiary/aromatic N) is 3. The molecule has 3 aromatic rings. The van der Waals surface area contributed by atoms with Crippen LogP contribution in [0, 0.1) is 0 Å². The molecule has 0 saturated carbocycles. The van der Waals surface area contributed by atoms with Crippen LogP contribution < -0.4 is 10.0 Å². The largest absolute Gasteiger partial charge is 0.324 e. The number of aromatic nitrogens is 2. The number of hydrogen-bond donors (Lipinski definition) is 2. The molecule has 1 heterocycles. The number of hydrogen-bond acceptors (Lipinski definition) is 6. The number of nitrogens with one attached hydrogen (secondary N) is 2. The third kappa shape index (κ3) is 6.33. The predicted octanol–water partition coefficient (Wildman–Crippen LogP) is 3.88. The monoisotopic (exact) mass is 489 g/mol. The SMILES string of the molecule is CN(C)CCCNS(=O)(=O)c1ccc(Nc2nccc(-c3ccc(Br)cc3)n2)cc1. The highest BCUT2D eigenvalue weighted by Gasteiger charge is 2.13. The molecule has 0 fully saturated rings. The molecular weight excluding hydrogens is 466 g/mol. The Labute approximate surface area is 185 Å². The second-order valence-corrected chi connectivity index (χ2v) is 9.66. The van der Waals surface area contributed by atoms with Crippen LogP contribution in [0.15, 0.2) is 70.2 Å². The third-order valence-corrected chi connectivity index (χ3v) is 6.30. The van der Waals surface area contributed by atoms with E-state index in [1.54, 1.807) is 30.5 Å². The summed E-state index contributed by atoms with van der Waals surface area (Å²) in [6.07, 6.45) is 2.43. The van der Waals surface area contributed by atoms with Crippen molar-refractivity contribution < 1.29 is 8.42 Å². The summed E-state index contributed by atoms with van der Waals surface area (Å²) in [7, 11) is 0.388. The molecule has 0 radical (unpaired) electrons. The zero-order chi connectivity index (χ0) is 21.6. The number of halogens is 1. The average Bonchev–Trinajstić information content (AvgIpc) is 2.72. The van der Waals surface area contributed by atoms with Crippen molar-refractivity contribution in [2.75, 3.05) is 32.5 Å². The van der Waals surface area contributed by atoms with Crippen LogP contribution >= 0.6 is 15.9 Å². The molecule has 0 aliphatic rings. The van der Waals surface area contributed by atoms with Gasteiger partial charge in [0, 0.05) is 28.5 Å². The highest BCUT2D eigenvalue weighted by atomic mass is 79.9. The van der Waals surface area contributed by atoms with E-state index in [0.717, 1.165) is 28.7 Å². The maximum atomic E-state index is 12.4. The molecule has 158 valence electrons. The summed E-state index contributed by atoms with van der Waals surface area (Å²) in [6, 6.07) is 16.2. The van der Waals surface area contributed by atoms with Gasteiger partial charge in [-0.15, -0.1) is 0 Å². The van der Waals surface area contributed by atoms with Crippen molar-refractivity contribution in [3.05, 3.63) is 65.3 Å². The van der Waals surface area contributed by atoms with E-state index in [1.165, 1.54) is 0 Å². The van der Waals surface area contributed by atoms with Crippen LogP contribution in [0.1, 0.15) is 6.42 Å². The summed E-state index contributed by atoms with van der Waals surface area (Å²) in [5.74, 6) is 0.438. The Morgan fingerprint density at radius 1 is 1.00 bits per heavy atom. The first kappa shape index (κ1) is 22.4.